The van der Waals surface area contributed by atoms with Gasteiger partial charge in [-0.05, 0) is 65.3 Å². The molecule has 1 aromatic rings. The molecule has 0 unspecified atom stereocenters. The molecule has 7 heteroatoms. The molecule has 1 aromatic carbocycles. The molecule has 1 aliphatic heterocycles. The lowest BCUT2D eigenvalue weighted by molar-refractivity contribution is -0.122. The number of amides is 1. The van der Waals surface area contributed by atoms with E-state index >= 15 is 0 Å². The normalized spacial score (nSPS) is 17.6. The number of thioether (sulfide) groups is 1. The largest absolute Gasteiger partial charge is 0.478 e. The molecule has 126 valence electrons. The van der Waals surface area contributed by atoms with Crippen molar-refractivity contribution in [2.45, 2.75) is 13.8 Å². The Bertz CT molecular complexity index is 732. The van der Waals surface area contributed by atoms with Crippen molar-refractivity contribution in [1.29, 1.82) is 0 Å². The Hall–Kier alpha value is -1.42. The van der Waals surface area contributed by atoms with E-state index in [1.54, 1.807) is 17.0 Å². The molecule has 0 radical (unpaired) electrons. The number of aliphatic imine (C=N–C) groups is 1. The summed E-state index contributed by atoms with van der Waals surface area (Å²) >= 11 is 11.0. The Kier molecular flexibility index (Phi) is 6.79. The standard InChI is InChI=1S/C17H16BrClN2O2S/c1-4-7-23-15-12(18)8-11(9-13(15)19)10-14-16(22)21(6-3)17(24-14)20-5-2/h1,8-10H,5-7H2,2-3H3/b14-10-,20-17?. The number of carbonyl (C=O) groups excluding carboxylic acids is 1. The van der Waals surface area contributed by atoms with Crippen LogP contribution in [0.1, 0.15) is 19.4 Å². The molecule has 1 aliphatic rings. The van der Waals surface area contributed by atoms with Crippen molar-refractivity contribution in [3.63, 3.8) is 0 Å². The van der Waals surface area contributed by atoms with Gasteiger partial charge in [-0.2, -0.15) is 0 Å². The molecule has 0 saturated carbocycles. The summed E-state index contributed by atoms with van der Waals surface area (Å²) in [5.41, 5.74) is 0.796. The van der Waals surface area contributed by atoms with Crippen molar-refractivity contribution >= 4 is 56.4 Å². The van der Waals surface area contributed by atoms with E-state index in [0.29, 0.717) is 33.2 Å². The first kappa shape index (κ1) is 18.9. The second-order valence-electron chi connectivity index (χ2n) is 4.72. The molecule has 0 aromatic heterocycles. The van der Waals surface area contributed by atoms with Crippen LogP contribution in [0.2, 0.25) is 5.02 Å². The summed E-state index contributed by atoms with van der Waals surface area (Å²) < 4.78 is 6.09. The van der Waals surface area contributed by atoms with Crippen molar-refractivity contribution in [2.75, 3.05) is 19.7 Å². The molecule has 1 amide bonds. The molecule has 24 heavy (non-hydrogen) atoms. The third-order valence-electron chi connectivity index (χ3n) is 3.12. The molecule has 0 atom stereocenters. The highest BCUT2D eigenvalue weighted by Gasteiger charge is 2.31. The number of carbonyl (C=O) groups is 1. The number of hydrogen-bond acceptors (Lipinski definition) is 4. The van der Waals surface area contributed by atoms with Crippen molar-refractivity contribution in [3.05, 3.63) is 32.1 Å². The van der Waals surface area contributed by atoms with E-state index in [0.717, 1.165) is 10.7 Å². The Morgan fingerprint density at radius 2 is 2.25 bits per heavy atom. The summed E-state index contributed by atoms with van der Waals surface area (Å²) in [6.07, 6.45) is 7.00. The number of benzene rings is 1. The van der Waals surface area contributed by atoms with Crippen LogP contribution in [0.4, 0.5) is 0 Å². The number of amidine groups is 1. The number of terminal acetylenes is 1. The molecule has 1 heterocycles. The Labute approximate surface area is 159 Å². The van der Waals surface area contributed by atoms with E-state index < -0.39 is 0 Å². The second-order valence-corrected chi connectivity index (χ2v) is 6.99. The predicted octanol–water partition coefficient (Wildman–Crippen LogP) is 4.43. The van der Waals surface area contributed by atoms with Crippen LogP contribution in [0.5, 0.6) is 5.75 Å². The van der Waals surface area contributed by atoms with Gasteiger partial charge in [-0.1, -0.05) is 17.5 Å². The Morgan fingerprint density at radius 3 is 2.83 bits per heavy atom. The molecule has 0 N–H and O–H groups in total. The molecule has 1 fully saturated rings. The molecule has 4 nitrogen and oxygen atoms in total. The fraction of sp³-hybridized carbons (Fsp3) is 0.294. The maximum Gasteiger partial charge on any atom is 0.266 e. The number of nitrogens with zero attached hydrogens (tertiary/aromatic N) is 2. The number of hydrogen-bond donors (Lipinski definition) is 0. The minimum Gasteiger partial charge on any atom is -0.478 e. The number of likely N-dealkylation sites (N-methyl/N-ethyl adjacent to an activating group) is 1. The number of rotatable bonds is 5. The topological polar surface area (TPSA) is 41.9 Å². The molecule has 1 saturated heterocycles. The van der Waals surface area contributed by atoms with Gasteiger partial charge in [0.1, 0.15) is 6.61 Å². The van der Waals surface area contributed by atoms with Crippen LogP contribution in [0.3, 0.4) is 0 Å². The minimum atomic E-state index is -0.0467. The number of halogens is 2. The van der Waals surface area contributed by atoms with Crippen LogP contribution in [0.25, 0.3) is 6.08 Å². The maximum absolute atomic E-state index is 12.5. The van der Waals surface area contributed by atoms with Gasteiger partial charge in [0.15, 0.2) is 10.9 Å². The highest BCUT2D eigenvalue weighted by Crippen LogP contribution is 2.37. The third-order valence-corrected chi connectivity index (χ3v) is 5.03. The lowest BCUT2D eigenvalue weighted by Crippen LogP contribution is -2.28. The van der Waals surface area contributed by atoms with Crippen LogP contribution in [0.15, 0.2) is 26.5 Å². The monoisotopic (exact) mass is 426 g/mol. The number of ether oxygens (including phenoxy) is 1. The van der Waals surface area contributed by atoms with Gasteiger partial charge in [-0.15, -0.1) is 6.42 Å². The van der Waals surface area contributed by atoms with Gasteiger partial charge >= 0.3 is 0 Å². The summed E-state index contributed by atoms with van der Waals surface area (Å²) in [6.45, 7) is 5.23. The van der Waals surface area contributed by atoms with Crippen molar-refractivity contribution < 1.29 is 9.53 Å². The highest BCUT2D eigenvalue weighted by atomic mass is 79.9. The van der Waals surface area contributed by atoms with E-state index in [4.69, 9.17) is 22.8 Å². The van der Waals surface area contributed by atoms with Gasteiger partial charge in [0, 0.05) is 13.1 Å². The van der Waals surface area contributed by atoms with Crippen molar-refractivity contribution in [3.8, 4) is 18.1 Å². The van der Waals surface area contributed by atoms with Crippen molar-refractivity contribution in [1.82, 2.24) is 4.90 Å². The van der Waals surface area contributed by atoms with Gasteiger partial charge in [-0.3, -0.25) is 14.7 Å². The van der Waals surface area contributed by atoms with Crippen molar-refractivity contribution in [2.24, 2.45) is 4.99 Å². The molecule has 0 aliphatic carbocycles. The fourth-order valence-electron chi connectivity index (χ4n) is 2.11. The van der Waals surface area contributed by atoms with E-state index in [1.165, 1.54) is 11.8 Å². The zero-order valence-electron chi connectivity index (χ0n) is 13.3. The summed E-state index contributed by atoms with van der Waals surface area (Å²) in [6, 6.07) is 3.58. The van der Waals surface area contributed by atoms with Gasteiger partial charge in [0.2, 0.25) is 0 Å². The quantitative estimate of drug-likeness (QED) is 0.516. The van der Waals surface area contributed by atoms with Gasteiger partial charge < -0.3 is 4.74 Å². The van der Waals surface area contributed by atoms with Crippen LogP contribution < -0.4 is 4.74 Å². The lowest BCUT2D eigenvalue weighted by Gasteiger charge is -2.11. The summed E-state index contributed by atoms with van der Waals surface area (Å²) in [4.78, 5) is 19.1. The first-order valence-electron chi connectivity index (χ1n) is 7.32. The zero-order valence-corrected chi connectivity index (χ0v) is 16.5. The average Bonchev–Trinajstić information content (AvgIpc) is 2.82. The summed E-state index contributed by atoms with van der Waals surface area (Å²) in [5.74, 6) is 2.84. The minimum absolute atomic E-state index is 0.0467. The van der Waals surface area contributed by atoms with E-state index in [1.807, 2.05) is 19.9 Å². The first-order chi connectivity index (χ1) is 11.5. The summed E-state index contributed by atoms with van der Waals surface area (Å²) in [5, 5.41) is 1.16. The summed E-state index contributed by atoms with van der Waals surface area (Å²) in [7, 11) is 0. The average molecular weight is 428 g/mol. The Balaban J connectivity index is 2.33. The van der Waals surface area contributed by atoms with E-state index in [9.17, 15) is 4.79 Å². The van der Waals surface area contributed by atoms with E-state index in [2.05, 4.69) is 26.8 Å². The Morgan fingerprint density at radius 1 is 1.50 bits per heavy atom. The third kappa shape index (κ3) is 4.15. The smallest absolute Gasteiger partial charge is 0.266 e. The van der Waals surface area contributed by atoms with Gasteiger partial charge in [0.05, 0.1) is 14.4 Å². The highest BCUT2D eigenvalue weighted by molar-refractivity contribution is 9.10. The lowest BCUT2D eigenvalue weighted by atomic mass is 10.2. The fourth-order valence-corrected chi connectivity index (χ4v) is 4.20. The van der Waals surface area contributed by atoms with Gasteiger partial charge in [-0.25, -0.2) is 0 Å². The first-order valence-corrected chi connectivity index (χ1v) is 9.31. The van der Waals surface area contributed by atoms with Crippen LogP contribution in [-0.4, -0.2) is 35.7 Å². The SMILES string of the molecule is C#CCOc1c(Cl)cc(/C=C2\SC(=NCC)N(CC)C2=O)cc1Br. The molecular weight excluding hydrogens is 412 g/mol. The van der Waals surface area contributed by atoms with E-state index in [-0.39, 0.29) is 12.5 Å². The molecule has 2 rings (SSSR count). The second kappa shape index (κ2) is 8.61. The predicted molar refractivity (Wildman–Crippen MR) is 104 cm³/mol. The van der Waals surface area contributed by atoms with Crippen LogP contribution in [-0.2, 0) is 4.79 Å². The molecule has 0 spiro atoms. The van der Waals surface area contributed by atoms with Gasteiger partial charge in [0.25, 0.3) is 5.91 Å². The molecule has 0 bridgehead atoms. The zero-order chi connectivity index (χ0) is 17.7. The molecular formula is C17H16BrClN2O2S. The van der Waals surface area contributed by atoms with Crippen LogP contribution >= 0.6 is 39.3 Å². The maximum atomic E-state index is 12.5. The van der Waals surface area contributed by atoms with Crippen LogP contribution in [0, 0.1) is 12.3 Å².